The molecule has 27 heavy (non-hydrogen) atoms. The van der Waals surface area contributed by atoms with Gasteiger partial charge in [0.2, 0.25) is 0 Å². The number of benzene rings is 2. The second-order valence-corrected chi connectivity index (χ2v) is 7.67. The lowest BCUT2D eigenvalue weighted by molar-refractivity contribution is 0.102. The molecule has 1 fully saturated rings. The average molecular weight is 425 g/mol. The number of hydrogen-bond acceptors (Lipinski definition) is 4. The van der Waals surface area contributed by atoms with E-state index < -0.39 is 0 Å². The standard InChI is InChI=1S/C21H17BrN2O3/c22-15-10-19-20(27-8-7-26-19)11-18(15)24-21(25)14-9-17(12-5-6-12)23-16-4-2-1-3-13(14)16/h1-4,9-12H,5-8H2,(H,24,25). The Morgan fingerprint density at radius 1 is 1.07 bits per heavy atom. The molecule has 0 spiro atoms. The largest absolute Gasteiger partial charge is 0.486 e. The van der Waals surface area contributed by atoms with Gasteiger partial charge in [-0.25, -0.2) is 0 Å². The molecule has 0 unspecified atom stereocenters. The number of hydrogen-bond donors (Lipinski definition) is 1. The summed E-state index contributed by atoms with van der Waals surface area (Å²) in [5.41, 5.74) is 3.15. The minimum absolute atomic E-state index is 0.159. The molecule has 0 bridgehead atoms. The number of carbonyl (C=O) groups excluding carboxylic acids is 1. The van der Waals surface area contributed by atoms with E-state index in [-0.39, 0.29) is 5.91 Å². The molecular formula is C21H17BrN2O3. The van der Waals surface area contributed by atoms with Crippen molar-refractivity contribution < 1.29 is 14.3 Å². The highest BCUT2D eigenvalue weighted by molar-refractivity contribution is 9.10. The van der Waals surface area contributed by atoms with Crippen molar-refractivity contribution in [2.75, 3.05) is 18.5 Å². The summed E-state index contributed by atoms with van der Waals surface area (Å²) in [5.74, 6) is 1.63. The van der Waals surface area contributed by atoms with Gasteiger partial charge in [-0.3, -0.25) is 9.78 Å². The molecule has 2 aromatic carbocycles. The van der Waals surface area contributed by atoms with Gasteiger partial charge in [0.25, 0.3) is 5.91 Å². The van der Waals surface area contributed by atoms with Crippen LogP contribution < -0.4 is 14.8 Å². The lowest BCUT2D eigenvalue weighted by Crippen LogP contribution is -2.17. The van der Waals surface area contributed by atoms with E-state index in [0.717, 1.165) is 33.9 Å². The SMILES string of the molecule is O=C(Nc1cc2c(cc1Br)OCCO2)c1cc(C2CC2)nc2ccccc12. The lowest BCUT2D eigenvalue weighted by atomic mass is 10.1. The summed E-state index contributed by atoms with van der Waals surface area (Å²) in [7, 11) is 0. The first kappa shape index (κ1) is 16.6. The van der Waals surface area contributed by atoms with Gasteiger partial charge in [0.15, 0.2) is 11.5 Å². The van der Waals surface area contributed by atoms with Gasteiger partial charge in [-0.15, -0.1) is 0 Å². The van der Waals surface area contributed by atoms with E-state index in [0.29, 0.717) is 41.9 Å². The number of pyridine rings is 1. The Bertz CT molecular complexity index is 1060. The highest BCUT2D eigenvalue weighted by atomic mass is 79.9. The number of para-hydroxylation sites is 1. The number of carbonyl (C=O) groups is 1. The van der Waals surface area contributed by atoms with Gasteiger partial charge in [0, 0.05) is 33.6 Å². The normalized spacial score (nSPS) is 15.6. The Labute approximate surface area is 164 Å². The minimum Gasteiger partial charge on any atom is -0.486 e. The van der Waals surface area contributed by atoms with E-state index in [1.807, 2.05) is 36.4 Å². The van der Waals surface area contributed by atoms with Gasteiger partial charge in [0.1, 0.15) is 13.2 Å². The van der Waals surface area contributed by atoms with Crippen molar-refractivity contribution in [3.8, 4) is 11.5 Å². The van der Waals surface area contributed by atoms with Crippen molar-refractivity contribution in [1.29, 1.82) is 0 Å². The number of fused-ring (bicyclic) bond motifs is 2. The molecule has 1 aliphatic carbocycles. The lowest BCUT2D eigenvalue weighted by Gasteiger charge is -2.20. The Morgan fingerprint density at radius 3 is 2.59 bits per heavy atom. The van der Waals surface area contributed by atoms with Gasteiger partial charge < -0.3 is 14.8 Å². The smallest absolute Gasteiger partial charge is 0.256 e. The number of nitrogens with zero attached hydrogens (tertiary/aromatic N) is 1. The summed E-state index contributed by atoms with van der Waals surface area (Å²) in [6.07, 6.45) is 2.28. The van der Waals surface area contributed by atoms with Crippen LogP contribution in [0.3, 0.4) is 0 Å². The summed E-state index contributed by atoms with van der Waals surface area (Å²) in [4.78, 5) is 17.8. The third kappa shape index (κ3) is 3.14. The zero-order valence-electron chi connectivity index (χ0n) is 14.5. The second kappa shape index (κ2) is 6.53. The fraction of sp³-hybridized carbons (Fsp3) is 0.238. The Balaban J connectivity index is 1.53. The van der Waals surface area contributed by atoms with E-state index in [2.05, 4.69) is 21.2 Å². The van der Waals surface area contributed by atoms with Crippen molar-refractivity contribution in [2.45, 2.75) is 18.8 Å². The topological polar surface area (TPSA) is 60.5 Å². The molecule has 1 aliphatic heterocycles. The number of anilines is 1. The van der Waals surface area contributed by atoms with Gasteiger partial charge in [-0.1, -0.05) is 18.2 Å². The van der Waals surface area contributed by atoms with E-state index in [4.69, 9.17) is 14.5 Å². The molecule has 0 saturated heterocycles. The first-order valence-electron chi connectivity index (χ1n) is 8.99. The van der Waals surface area contributed by atoms with Crippen LogP contribution in [0.5, 0.6) is 11.5 Å². The van der Waals surface area contributed by atoms with Gasteiger partial charge in [-0.2, -0.15) is 0 Å². The molecule has 5 rings (SSSR count). The Kier molecular flexibility index (Phi) is 4.01. The number of nitrogens with one attached hydrogen (secondary N) is 1. The van der Waals surface area contributed by atoms with Gasteiger partial charge in [-0.05, 0) is 40.9 Å². The first-order chi connectivity index (χ1) is 13.2. The molecule has 2 aliphatic rings. The average Bonchev–Trinajstić information content (AvgIpc) is 3.53. The maximum Gasteiger partial charge on any atom is 0.256 e. The zero-order chi connectivity index (χ0) is 18.4. The number of amides is 1. The third-order valence-electron chi connectivity index (χ3n) is 4.86. The van der Waals surface area contributed by atoms with Crippen LogP contribution in [0.4, 0.5) is 5.69 Å². The number of aromatic nitrogens is 1. The van der Waals surface area contributed by atoms with Crippen molar-refractivity contribution in [1.82, 2.24) is 4.98 Å². The first-order valence-corrected chi connectivity index (χ1v) is 9.78. The molecule has 0 radical (unpaired) electrons. The molecule has 136 valence electrons. The van der Waals surface area contributed by atoms with E-state index >= 15 is 0 Å². The Morgan fingerprint density at radius 2 is 1.81 bits per heavy atom. The highest BCUT2D eigenvalue weighted by Gasteiger charge is 2.27. The van der Waals surface area contributed by atoms with Crippen LogP contribution in [-0.2, 0) is 0 Å². The number of ether oxygens (including phenoxy) is 2. The highest BCUT2D eigenvalue weighted by Crippen LogP contribution is 2.41. The van der Waals surface area contributed by atoms with E-state index in [1.165, 1.54) is 0 Å². The van der Waals surface area contributed by atoms with Crippen LogP contribution in [-0.4, -0.2) is 24.1 Å². The van der Waals surface area contributed by atoms with Crippen molar-refractivity contribution in [2.24, 2.45) is 0 Å². The van der Waals surface area contributed by atoms with Gasteiger partial charge >= 0.3 is 0 Å². The number of halogens is 1. The third-order valence-corrected chi connectivity index (χ3v) is 5.51. The fourth-order valence-electron chi connectivity index (χ4n) is 3.32. The van der Waals surface area contributed by atoms with Crippen molar-refractivity contribution >= 4 is 38.4 Å². The monoisotopic (exact) mass is 424 g/mol. The molecule has 0 atom stereocenters. The molecule has 5 nitrogen and oxygen atoms in total. The van der Waals surface area contributed by atoms with Crippen LogP contribution in [0.25, 0.3) is 10.9 Å². The Hall–Kier alpha value is -2.60. The van der Waals surface area contributed by atoms with Crippen molar-refractivity contribution in [3.05, 3.63) is 58.2 Å². The molecule has 1 N–H and O–H groups in total. The summed E-state index contributed by atoms with van der Waals surface area (Å²) < 4.78 is 12.0. The predicted octanol–water partition coefficient (Wildman–Crippen LogP) is 4.90. The second-order valence-electron chi connectivity index (χ2n) is 6.82. The van der Waals surface area contributed by atoms with Crippen LogP contribution in [0.2, 0.25) is 0 Å². The van der Waals surface area contributed by atoms with E-state index in [1.54, 1.807) is 6.07 Å². The summed E-state index contributed by atoms with van der Waals surface area (Å²) in [6, 6.07) is 13.3. The molecule has 1 amide bonds. The molecule has 6 heteroatoms. The molecule has 1 aromatic heterocycles. The predicted molar refractivity (Wildman–Crippen MR) is 107 cm³/mol. The van der Waals surface area contributed by atoms with E-state index in [9.17, 15) is 4.79 Å². The molecular weight excluding hydrogens is 408 g/mol. The summed E-state index contributed by atoms with van der Waals surface area (Å²) in [5, 5.41) is 3.86. The van der Waals surface area contributed by atoms with Crippen LogP contribution in [0.1, 0.15) is 34.8 Å². The molecule has 1 saturated carbocycles. The maximum absolute atomic E-state index is 13.1. The zero-order valence-corrected chi connectivity index (χ0v) is 16.1. The minimum atomic E-state index is -0.159. The molecule has 2 heterocycles. The number of rotatable bonds is 3. The van der Waals surface area contributed by atoms with Crippen LogP contribution in [0, 0.1) is 0 Å². The summed E-state index contributed by atoms with van der Waals surface area (Å²) >= 11 is 3.51. The molecule has 3 aromatic rings. The van der Waals surface area contributed by atoms with Crippen molar-refractivity contribution in [3.63, 3.8) is 0 Å². The van der Waals surface area contributed by atoms with Crippen LogP contribution >= 0.6 is 15.9 Å². The van der Waals surface area contributed by atoms with Gasteiger partial charge in [0.05, 0.1) is 16.8 Å². The summed E-state index contributed by atoms with van der Waals surface area (Å²) in [6.45, 7) is 1.03. The maximum atomic E-state index is 13.1. The quantitative estimate of drug-likeness (QED) is 0.649. The van der Waals surface area contributed by atoms with Crippen LogP contribution in [0.15, 0.2) is 46.9 Å². The fourth-order valence-corrected chi connectivity index (χ4v) is 3.74.